The molecule has 0 N–H and O–H groups in total. The molecule has 0 amide bonds. The molecule has 0 radical (unpaired) electrons. The quantitative estimate of drug-likeness (QED) is 0.727. The lowest BCUT2D eigenvalue weighted by molar-refractivity contribution is 0.716. The van der Waals surface area contributed by atoms with E-state index < -0.39 is 0 Å². The number of aryl methyl sites for hydroxylation is 1. The van der Waals surface area contributed by atoms with Gasteiger partial charge in [-0.15, -0.1) is 11.6 Å². The molecule has 0 aromatic carbocycles. The van der Waals surface area contributed by atoms with Gasteiger partial charge in [0.15, 0.2) is 0 Å². The van der Waals surface area contributed by atoms with Gasteiger partial charge in [-0.3, -0.25) is 0 Å². The highest BCUT2D eigenvalue weighted by molar-refractivity contribution is 6.17. The third kappa shape index (κ3) is 3.38. The fourth-order valence-corrected chi connectivity index (χ4v) is 2.54. The molecule has 3 heteroatoms. The van der Waals surface area contributed by atoms with Crippen LogP contribution in [0.4, 0.5) is 5.82 Å². The average molecular weight is 267 g/mol. The van der Waals surface area contributed by atoms with E-state index in [-0.39, 0.29) is 0 Å². The van der Waals surface area contributed by atoms with E-state index in [1.807, 2.05) is 0 Å². The van der Waals surface area contributed by atoms with Crippen molar-refractivity contribution in [1.82, 2.24) is 4.98 Å². The zero-order valence-corrected chi connectivity index (χ0v) is 12.4. The van der Waals surface area contributed by atoms with Crippen LogP contribution in [0.5, 0.6) is 0 Å². The molecule has 1 aromatic rings. The van der Waals surface area contributed by atoms with Crippen molar-refractivity contribution in [2.45, 2.75) is 39.0 Å². The van der Waals surface area contributed by atoms with Gasteiger partial charge in [-0.1, -0.05) is 20.3 Å². The fourth-order valence-electron chi connectivity index (χ4n) is 2.39. The molecule has 1 fully saturated rings. The molecule has 18 heavy (non-hydrogen) atoms. The Morgan fingerprint density at radius 1 is 1.44 bits per heavy atom. The Bertz CT molecular complexity index is 405. The molecule has 1 aromatic heterocycles. The van der Waals surface area contributed by atoms with Crippen LogP contribution >= 0.6 is 11.6 Å². The van der Waals surface area contributed by atoms with Gasteiger partial charge in [0.25, 0.3) is 0 Å². The van der Waals surface area contributed by atoms with Crippen LogP contribution in [-0.4, -0.2) is 18.6 Å². The lowest BCUT2D eigenvalue weighted by Crippen LogP contribution is -2.22. The molecule has 0 bridgehead atoms. The number of halogens is 1. The van der Waals surface area contributed by atoms with E-state index in [0.717, 1.165) is 37.0 Å². The molecular weight excluding hydrogens is 244 g/mol. The van der Waals surface area contributed by atoms with Crippen molar-refractivity contribution in [2.75, 3.05) is 18.5 Å². The summed E-state index contributed by atoms with van der Waals surface area (Å²) >= 11 is 5.97. The average Bonchev–Trinajstić information content (AvgIpc) is 3.04. The second-order valence-electron chi connectivity index (χ2n) is 5.56. The minimum absolute atomic E-state index is 0.569. The highest BCUT2D eigenvalue weighted by atomic mass is 35.5. The Labute approximate surface area is 115 Å². The maximum atomic E-state index is 5.97. The highest BCUT2D eigenvalue weighted by Crippen LogP contribution is 2.38. The summed E-state index contributed by atoms with van der Waals surface area (Å²) in [5, 5.41) is 0. The lowest BCUT2D eigenvalue weighted by Gasteiger charge is -2.19. The topological polar surface area (TPSA) is 16.1 Å². The third-order valence-corrected chi connectivity index (χ3v) is 4.07. The number of alkyl halides is 1. The Kier molecular flexibility index (Phi) is 4.50. The van der Waals surface area contributed by atoms with Crippen LogP contribution in [0.1, 0.15) is 37.9 Å². The second kappa shape index (κ2) is 5.92. The van der Waals surface area contributed by atoms with Crippen LogP contribution in [0.2, 0.25) is 0 Å². The van der Waals surface area contributed by atoms with Gasteiger partial charge in [0, 0.05) is 25.2 Å². The van der Waals surface area contributed by atoms with Crippen LogP contribution in [-0.2, 0) is 12.3 Å². The molecule has 0 spiro atoms. The van der Waals surface area contributed by atoms with Gasteiger partial charge in [-0.05, 0) is 42.4 Å². The van der Waals surface area contributed by atoms with Gasteiger partial charge in [0.1, 0.15) is 5.82 Å². The molecule has 100 valence electrons. The van der Waals surface area contributed by atoms with Crippen LogP contribution in [0.15, 0.2) is 12.1 Å². The van der Waals surface area contributed by atoms with E-state index in [4.69, 9.17) is 16.6 Å². The number of anilines is 1. The minimum Gasteiger partial charge on any atom is -0.359 e. The van der Waals surface area contributed by atoms with Crippen molar-refractivity contribution in [3.63, 3.8) is 0 Å². The van der Waals surface area contributed by atoms with Gasteiger partial charge in [-0.25, -0.2) is 4.98 Å². The first-order valence-corrected chi connectivity index (χ1v) is 7.44. The number of rotatable bonds is 6. The monoisotopic (exact) mass is 266 g/mol. The molecule has 0 aliphatic heterocycles. The minimum atomic E-state index is 0.569. The number of pyridine rings is 1. The number of hydrogen-bond donors (Lipinski definition) is 0. The Morgan fingerprint density at radius 3 is 2.72 bits per heavy atom. The molecule has 1 saturated carbocycles. The summed E-state index contributed by atoms with van der Waals surface area (Å²) in [6.45, 7) is 5.62. The molecular formula is C15H23ClN2. The summed E-state index contributed by atoms with van der Waals surface area (Å²) in [6.07, 6.45) is 3.52. The first-order valence-electron chi connectivity index (χ1n) is 6.91. The van der Waals surface area contributed by atoms with E-state index in [0.29, 0.717) is 5.88 Å². The normalized spacial score (nSPS) is 22.0. The Morgan fingerprint density at radius 2 is 2.17 bits per heavy atom. The molecule has 2 rings (SSSR count). The van der Waals surface area contributed by atoms with Crippen LogP contribution in [0.3, 0.4) is 0 Å². The zero-order chi connectivity index (χ0) is 13.1. The molecule has 2 atom stereocenters. The van der Waals surface area contributed by atoms with Gasteiger partial charge < -0.3 is 4.90 Å². The van der Waals surface area contributed by atoms with Crippen molar-refractivity contribution in [2.24, 2.45) is 11.8 Å². The van der Waals surface area contributed by atoms with E-state index in [1.165, 1.54) is 17.7 Å². The summed E-state index contributed by atoms with van der Waals surface area (Å²) in [4.78, 5) is 7.03. The molecule has 1 aliphatic carbocycles. The number of aromatic nitrogens is 1. The maximum Gasteiger partial charge on any atom is 0.128 e. The summed E-state index contributed by atoms with van der Waals surface area (Å²) in [5.74, 6) is 3.39. The zero-order valence-electron chi connectivity index (χ0n) is 11.6. The van der Waals surface area contributed by atoms with Gasteiger partial charge in [-0.2, -0.15) is 0 Å². The molecule has 1 heterocycles. The van der Waals surface area contributed by atoms with E-state index in [2.05, 4.69) is 37.9 Å². The molecule has 1 aliphatic rings. The van der Waals surface area contributed by atoms with Crippen LogP contribution < -0.4 is 4.90 Å². The van der Waals surface area contributed by atoms with Crippen molar-refractivity contribution in [1.29, 1.82) is 0 Å². The smallest absolute Gasteiger partial charge is 0.128 e. The third-order valence-electron chi connectivity index (χ3n) is 3.76. The van der Waals surface area contributed by atoms with E-state index >= 15 is 0 Å². The Hall–Kier alpha value is -0.760. The van der Waals surface area contributed by atoms with Gasteiger partial charge in [0.05, 0.1) is 0 Å². The second-order valence-corrected chi connectivity index (χ2v) is 5.83. The van der Waals surface area contributed by atoms with Crippen molar-refractivity contribution >= 4 is 17.4 Å². The summed E-state index contributed by atoms with van der Waals surface area (Å²) in [5.41, 5.74) is 2.35. The summed E-state index contributed by atoms with van der Waals surface area (Å²) < 4.78 is 0. The Balaban J connectivity index is 2.11. The first-order chi connectivity index (χ1) is 8.63. The highest BCUT2D eigenvalue weighted by Gasteiger charge is 2.33. The van der Waals surface area contributed by atoms with Gasteiger partial charge in [0.2, 0.25) is 0 Å². The maximum absolute atomic E-state index is 5.97. The number of nitrogens with zero attached hydrogens (tertiary/aromatic N) is 2. The lowest BCUT2D eigenvalue weighted by atomic mass is 10.1. The summed E-state index contributed by atoms with van der Waals surface area (Å²) in [6, 6.07) is 4.26. The predicted molar refractivity (Wildman–Crippen MR) is 78.3 cm³/mol. The van der Waals surface area contributed by atoms with Crippen molar-refractivity contribution in [3.05, 3.63) is 23.4 Å². The van der Waals surface area contributed by atoms with Gasteiger partial charge >= 0.3 is 0 Å². The van der Waals surface area contributed by atoms with Crippen LogP contribution in [0.25, 0.3) is 0 Å². The molecule has 2 unspecified atom stereocenters. The van der Waals surface area contributed by atoms with Crippen molar-refractivity contribution in [3.8, 4) is 0 Å². The SMILES string of the molecule is CCCc1cc(CCl)cc(N(C)CC2CC2C)n1. The van der Waals surface area contributed by atoms with Crippen LogP contribution in [0, 0.1) is 11.8 Å². The molecule has 2 nitrogen and oxygen atoms in total. The first kappa shape index (κ1) is 13.7. The molecule has 0 saturated heterocycles. The van der Waals surface area contributed by atoms with Crippen molar-refractivity contribution < 1.29 is 0 Å². The van der Waals surface area contributed by atoms with E-state index in [9.17, 15) is 0 Å². The fraction of sp³-hybridized carbons (Fsp3) is 0.667. The van der Waals surface area contributed by atoms with E-state index in [1.54, 1.807) is 0 Å². The largest absolute Gasteiger partial charge is 0.359 e. The standard InChI is InChI=1S/C15H23ClN2/c1-4-5-14-7-12(9-16)8-15(17-14)18(3)10-13-6-11(13)2/h7-8,11,13H,4-6,9-10H2,1-3H3. The number of hydrogen-bond acceptors (Lipinski definition) is 2. The predicted octanol–water partition coefficient (Wildman–Crippen LogP) is 3.87. The summed E-state index contributed by atoms with van der Waals surface area (Å²) in [7, 11) is 2.14.